The quantitative estimate of drug-likeness (QED) is 0.595. The van der Waals surface area contributed by atoms with E-state index in [1.54, 1.807) is 36.4 Å². The van der Waals surface area contributed by atoms with Crippen LogP contribution in [0.15, 0.2) is 44.6 Å². The van der Waals surface area contributed by atoms with Gasteiger partial charge in [0.1, 0.15) is 11.5 Å². The van der Waals surface area contributed by atoms with E-state index in [1.165, 1.54) is 11.8 Å². The number of furan rings is 1. The number of thioether (sulfide) groups is 1. The summed E-state index contributed by atoms with van der Waals surface area (Å²) in [5.41, 5.74) is 0.633. The van der Waals surface area contributed by atoms with Crippen molar-refractivity contribution in [2.24, 2.45) is 4.99 Å². The number of aliphatic imine (C=N–C) groups is 1. The van der Waals surface area contributed by atoms with Crippen molar-refractivity contribution in [3.05, 3.63) is 51.0 Å². The fourth-order valence-electron chi connectivity index (χ4n) is 3.29. The number of morpholine rings is 1. The Balaban J connectivity index is 1.53. The third-order valence-corrected chi connectivity index (χ3v) is 6.08. The van der Waals surface area contributed by atoms with Crippen LogP contribution in [0.2, 0.25) is 10.0 Å². The number of carbonyl (C=O) groups excluding carboxylic acids is 1. The second kappa shape index (κ2) is 7.95. The number of amides is 1. The van der Waals surface area contributed by atoms with Gasteiger partial charge in [0.2, 0.25) is 0 Å². The lowest BCUT2D eigenvalue weighted by Gasteiger charge is -2.35. The van der Waals surface area contributed by atoms with E-state index in [0.717, 1.165) is 0 Å². The fraction of sp³-hybridized carbons (Fsp3) is 0.300. The predicted molar refractivity (Wildman–Crippen MR) is 114 cm³/mol. The monoisotopic (exact) mass is 436 g/mol. The molecule has 1 aromatic carbocycles. The minimum Gasteiger partial charge on any atom is -0.457 e. The lowest BCUT2D eigenvalue weighted by molar-refractivity contribution is -0.113. The highest BCUT2D eigenvalue weighted by Crippen LogP contribution is 2.37. The summed E-state index contributed by atoms with van der Waals surface area (Å²) in [7, 11) is 0. The molecule has 0 saturated carbocycles. The molecular weight excluding hydrogens is 419 g/mol. The molecule has 2 unspecified atom stereocenters. The molecule has 146 valence electrons. The Bertz CT molecular complexity index is 955. The van der Waals surface area contributed by atoms with Crippen LogP contribution in [0.5, 0.6) is 0 Å². The maximum Gasteiger partial charge on any atom is 0.286 e. The highest BCUT2D eigenvalue weighted by atomic mass is 35.5. The van der Waals surface area contributed by atoms with E-state index in [2.05, 4.69) is 9.89 Å². The first-order valence-corrected chi connectivity index (χ1v) is 10.4. The smallest absolute Gasteiger partial charge is 0.286 e. The Morgan fingerprint density at radius 1 is 1.14 bits per heavy atom. The Labute approximate surface area is 177 Å². The third kappa shape index (κ3) is 4.01. The van der Waals surface area contributed by atoms with Crippen molar-refractivity contribution in [3.8, 4) is 11.3 Å². The first-order valence-electron chi connectivity index (χ1n) is 8.88. The first-order chi connectivity index (χ1) is 13.4. The topological polar surface area (TPSA) is 55.0 Å². The average Bonchev–Trinajstić information content (AvgIpc) is 3.22. The van der Waals surface area contributed by atoms with Gasteiger partial charge in [0.05, 0.1) is 32.7 Å². The van der Waals surface area contributed by atoms with Crippen LogP contribution in [0.25, 0.3) is 17.4 Å². The number of carbonyl (C=O) groups is 1. The first kappa shape index (κ1) is 19.6. The summed E-state index contributed by atoms with van der Waals surface area (Å²) < 4.78 is 11.6. The number of hydrogen-bond acceptors (Lipinski definition) is 5. The molecule has 2 aliphatic heterocycles. The van der Waals surface area contributed by atoms with Gasteiger partial charge in [-0.15, -0.1) is 0 Å². The van der Waals surface area contributed by atoms with E-state index in [0.29, 0.717) is 50.3 Å². The van der Waals surface area contributed by atoms with E-state index in [9.17, 15) is 4.79 Å². The van der Waals surface area contributed by atoms with Gasteiger partial charge in [-0.05, 0) is 49.9 Å². The van der Waals surface area contributed by atoms with Gasteiger partial charge in [-0.3, -0.25) is 4.79 Å². The van der Waals surface area contributed by atoms with E-state index >= 15 is 0 Å². The molecule has 0 aliphatic carbocycles. The summed E-state index contributed by atoms with van der Waals surface area (Å²) in [6.07, 6.45) is 1.90. The molecule has 28 heavy (non-hydrogen) atoms. The van der Waals surface area contributed by atoms with Gasteiger partial charge in [0.15, 0.2) is 5.17 Å². The fourth-order valence-corrected chi connectivity index (χ4v) is 4.79. The van der Waals surface area contributed by atoms with Gasteiger partial charge < -0.3 is 14.1 Å². The molecule has 8 heteroatoms. The Morgan fingerprint density at radius 2 is 1.82 bits per heavy atom. The molecule has 0 radical (unpaired) electrons. The maximum absolute atomic E-state index is 12.4. The minimum absolute atomic E-state index is 0.100. The van der Waals surface area contributed by atoms with Crippen molar-refractivity contribution >= 4 is 52.1 Å². The summed E-state index contributed by atoms with van der Waals surface area (Å²) in [5, 5.41) is 1.72. The van der Waals surface area contributed by atoms with Crippen LogP contribution in [0.4, 0.5) is 0 Å². The third-order valence-electron chi connectivity index (χ3n) is 4.41. The molecule has 4 rings (SSSR count). The summed E-state index contributed by atoms with van der Waals surface area (Å²) in [5.74, 6) is 0.831. The molecular formula is C20H18Cl2N2O3S. The zero-order chi connectivity index (χ0) is 19.8. The minimum atomic E-state index is -0.263. The maximum atomic E-state index is 12.4. The SMILES string of the molecule is CC1CN(C2=NC(=O)C(=Cc3ccc(-c4c(Cl)cccc4Cl)o3)S2)CC(C)O1. The Morgan fingerprint density at radius 3 is 2.50 bits per heavy atom. The molecule has 2 aromatic rings. The lowest BCUT2D eigenvalue weighted by atomic mass is 10.2. The molecule has 1 amide bonds. The van der Waals surface area contributed by atoms with Crippen molar-refractivity contribution in [2.75, 3.05) is 13.1 Å². The Kier molecular flexibility index (Phi) is 5.56. The van der Waals surface area contributed by atoms with Crippen molar-refractivity contribution in [1.29, 1.82) is 0 Å². The van der Waals surface area contributed by atoms with E-state index in [1.807, 2.05) is 13.8 Å². The van der Waals surface area contributed by atoms with Gasteiger partial charge in [-0.2, -0.15) is 4.99 Å². The van der Waals surface area contributed by atoms with Crippen molar-refractivity contribution in [1.82, 2.24) is 4.90 Å². The van der Waals surface area contributed by atoms with E-state index < -0.39 is 0 Å². The summed E-state index contributed by atoms with van der Waals surface area (Å²) in [6.45, 7) is 5.47. The van der Waals surface area contributed by atoms with Crippen LogP contribution in [-0.2, 0) is 9.53 Å². The van der Waals surface area contributed by atoms with Crippen LogP contribution in [-0.4, -0.2) is 41.3 Å². The zero-order valence-corrected chi connectivity index (χ0v) is 17.6. The summed E-state index contributed by atoms with van der Waals surface area (Å²) in [4.78, 5) is 19.2. The second-order valence-corrected chi connectivity index (χ2v) is 8.59. The average molecular weight is 437 g/mol. The standard InChI is InChI=1S/C20H18Cl2N2O3S/c1-11-9-24(10-12(2)26-11)20-23-19(25)17(28-20)8-13-6-7-16(27-13)18-14(21)4-3-5-15(18)22/h3-8,11-12H,9-10H2,1-2H3. The number of rotatable bonds is 2. The molecule has 0 spiro atoms. The normalized spacial score (nSPS) is 24.1. The highest BCUT2D eigenvalue weighted by Gasteiger charge is 2.31. The predicted octanol–water partition coefficient (Wildman–Crippen LogP) is 5.33. The number of ether oxygens (including phenoxy) is 1. The van der Waals surface area contributed by atoms with Crippen molar-refractivity contribution in [3.63, 3.8) is 0 Å². The van der Waals surface area contributed by atoms with Gasteiger partial charge in [0.25, 0.3) is 5.91 Å². The molecule has 0 bridgehead atoms. The number of nitrogens with zero attached hydrogens (tertiary/aromatic N) is 2. The number of hydrogen-bond donors (Lipinski definition) is 0. The molecule has 2 aliphatic rings. The van der Waals surface area contributed by atoms with Crippen LogP contribution in [0.3, 0.4) is 0 Å². The van der Waals surface area contributed by atoms with E-state index in [-0.39, 0.29) is 18.1 Å². The molecule has 0 N–H and O–H groups in total. The summed E-state index contributed by atoms with van der Waals surface area (Å²) >= 11 is 13.8. The molecule has 1 saturated heterocycles. The second-order valence-electron chi connectivity index (χ2n) is 6.77. The van der Waals surface area contributed by atoms with Crippen LogP contribution >= 0.6 is 35.0 Å². The zero-order valence-electron chi connectivity index (χ0n) is 15.3. The molecule has 3 heterocycles. The molecule has 2 atom stereocenters. The highest BCUT2D eigenvalue weighted by molar-refractivity contribution is 8.18. The van der Waals surface area contributed by atoms with Crippen LogP contribution < -0.4 is 0 Å². The summed E-state index contributed by atoms with van der Waals surface area (Å²) in [6, 6.07) is 8.86. The molecule has 1 fully saturated rings. The van der Waals surface area contributed by atoms with Crippen LogP contribution in [0.1, 0.15) is 19.6 Å². The van der Waals surface area contributed by atoms with Gasteiger partial charge in [0, 0.05) is 19.2 Å². The van der Waals surface area contributed by atoms with Gasteiger partial charge in [-0.1, -0.05) is 29.3 Å². The molecule has 1 aromatic heterocycles. The van der Waals surface area contributed by atoms with Crippen LogP contribution in [0, 0.1) is 0 Å². The van der Waals surface area contributed by atoms with Crippen molar-refractivity contribution < 1.29 is 13.9 Å². The lowest BCUT2D eigenvalue weighted by Crippen LogP contribution is -2.47. The number of amidine groups is 1. The largest absolute Gasteiger partial charge is 0.457 e. The van der Waals surface area contributed by atoms with E-state index in [4.69, 9.17) is 32.4 Å². The molecule has 5 nitrogen and oxygen atoms in total. The van der Waals surface area contributed by atoms with Gasteiger partial charge in [-0.25, -0.2) is 0 Å². The van der Waals surface area contributed by atoms with Crippen molar-refractivity contribution in [2.45, 2.75) is 26.1 Å². The van der Waals surface area contributed by atoms with Gasteiger partial charge >= 0.3 is 0 Å². The number of benzene rings is 1. The Hall–Kier alpha value is -1.73. The number of halogens is 2.